The molecule has 0 unspecified atom stereocenters. The lowest BCUT2D eigenvalue weighted by Gasteiger charge is -2.26. The number of carbonyl (C=O) groups excluding carboxylic acids is 1. The molecule has 0 saturated heterocycles. The van der Waals surface area contributed by atoms with E-state index in [1.165, 1.54) is 0 Å². The summed E-state index contributed by atoms with van der Waals surface area (Å²) in [4.78, 5) is 13.2. The molecule has 0 fully saturated rings. The van der Waals surface area contributed by atoms with Crippen LogP contribution < -0.4 is 10.6 Å². The van der Waals surface area contributed by atoms with Crippen LogP contribution in [0.4, 0.5) is 10.6 Å². The number of thioether (sulfide) groups is 1. The molecule has 1 aliphatic rings. The molecule has 5 nitrogen and oxygen atoms in total. The number of nitrogens with zero attached hydrogens (tertiary/aromatic N) is 1. The predicted octanol–water partition coefficient (Wildman–Crippen LogP) is 4.00. The number of aryl methyl sites for hydroxylation is 1. The molecule has 1 atom stereocenters. The molecule has 21 heavy (non-hydrogen) atoms. The van der Waals surface area contributed by atoms with E-state index in [1.54, 1.807) is 24.8 Å². The van der Waals surface area contributed by atoms with Crippen molar-refractivity contribution in [2.75, 3.05) is 11.1 Å². The number of halogens is 1. The third-order valence-electron chi connectivity index (χ3n) is 3.19. The second kappa shape index (κ2) is 5.99. The minimum atomic E-state index is -0.300. The quantitative estimate of drug-likeness (QED) is 0.876. The van der Waals surface area contributed by atoms with Gasteiger partial charge >= 0.3 is 6.03 Å². The molecular formula is C14H14ClN3O2S. The van der Waals surface area contributed by atoms with Gasteiger partial charge in [-0.25, -0.2) is 4.79 Å². The van der Waals surface area contributed by atoms with E-state index < -0.39 is 0 Å². The zero-order valence-electron chi connectivity index (χ0n) is 11.4. The van der Waals surface area contributed by atoms with Crippen LogP contribution in [0.2, 0.25) is 5.02 Å². The van der Waals surface area contributed by atoms with E-state index in [-0.39, 0.29) is 12.1 Å². The molecule has 3 rings (SSSR count). The lowest BCUT2D eigenvalue weighted by Crippen LogP contribution is -2.34. The Morgan fingerprint density at radius 1 is 1.48 bits per heavy atom. The van der Waals surface area contributed by atoms with Crippen LogP contribution in [0.15, 0.2) is 33.7 Å². The smallest absolute Gasteiger partial charge is 0.320 e. The summed E-state index contributed by atoms with van der Waals surface area (Å²) in [6.07, 6.45) is 0.864. The van der Waals surface area contributed by atoms with E-state index in [2.05, 4.69) is 15.8 Å². The van der Waals surface area contributed by atoms with Gasteiger partial charge in [-0.2, -0.15) is 0 Å². The van der Waals surface area contributed by atoms with Gasteiger partial charge in [-0.15, -0.1) is 11.8 Å². The van der Waals surface area contributed by atoms with Gasteiger partial charge in [-0.3, -0.25) is 5.32 Å². The number of carbonyl (C=O) groups is 1. The number of aromatic nitrogens is 1. The SMILES string of the molecule is Cc1cc(NC(=O)N[C@@H]2CCSc3ccc(Cl)cc32)no1. The van der Waals surface area contributed by atoms with E-state index in [0.29, 0.717) is 16.6 Å². The van der Waals surface area contributed by atoms with Crippen LogP contribution in [0.5, 0.6) is 0 Å². The maximum Gasteiger partial charge on any atom is 0.320 e. The number of rotatable bonds is 2. The molecule has 7 heteroatoms. The molecule has 0 spiro atoms. The number of hydrogen-bond donors (Lipinski definition) is 2. The summed E-state index contributed by atoms with van der Waals surface area (Å²) in [6.45, 7) is 1.77. The highest BCUT2D eigenvalue weighted by Gasteiger charge is 2.22. The fourth-order valence-corrected chi connectivity index (χ4v) is 3.54. The fraction of sp³-hybridized carbons (Fsp3) is 0.286. The first-order chi connectivity index (χ1) is 10.1. The summed E-state index contributed by atoms with van der Waals surface area (Å²) >= 11 is 7.83. The minimum Gasteiger partial charge on any atom is -0.360 e. The third kappa shape index (κ3) is 3.33. The van der Waals surface area contributed by atoms with Gasteiger partial charge in [-0.05, 0) is 37.1 Å². The summed E-state index contributed by atoms with van der Waals surface area (Å²) in [5.74, 6) is 2.01. The molecule has 1 aliphatic heterocycles. The number of benzene rings is 1. The van der Waals surface area contributed by atoms with E-state index in [0.717, 1.165) is 22.6 Å². The van der Waals surface area contributed by atoms with Gasteiger partial charge in [0.05, 0.1) is 6.04 Å². The highest BCUT2D eigenvalue weighted by molar-refractivity contribution is 7.99. The Bertz CT molecular complexity index is 674. The summed E-state index contributed by atoms with van der Waals surface area (Å²) in [6, 6.07) is 7.09. The standard InChI is InChI=1S/C14H14ClN3O2S/c1-8-6-13(18-20-8)17-14(19)16-11-4-5-21-12-3-2-9(15)7-10(11)12/h2-3,6-7,11H,4-5H2,1H3,(H2,16,17,18,19)/t11-/m1/s1. The van der Waals surface area contributed by atoms with Gasteiger partial charge < -0.3 is 9.84 Å². The molecule has 2 aromatic rings. The van der Waals surface area contributed by atoms with Gasteiger partial charge in [0.2, 0.25) is 0 Å². The van der Waals surface area contributed by atoms with E-state index in [1.807, 2.05) is 18.2 Å². The Hall–Kier alpha value is -1.66. The van der Waals surface area contributed by atoms with Crippen LogP contribution in [-0.2, 0) is 0 Å². The first-order valence-electron chi connectivity index (χ1n) is 6.55. The molecule has 2 heterocycles. The van der Waals surface area contributed by atoms with E-state index in [9.17, 15) is 4.79 Å². The highest BCUT2D eigenvalue weighted by atomic mass is 35.5. The fourth-order valence-electron chi connectivity index (χ4n) is 2.25. The Labute approximate surface area is 131 Å². The topological polar surface area (TPSA) is 67.2 Å². The van der Waals surface area contributed by atoms with Gasteiger partial charge in [0, 0.05) is 21.7 Å². The van der Waals surface area contributed by atoms with E-state index >= 15 is 0 Å². The van der Waals surface area contributed by atoms with Crippen molar-refractivity contribution in [3.63, 3.8) is 0 Å². The van der Waals surface area contributed by atoms with Crippen molar-refractivity contribution in [1.82, 2.24) is 10.5 Å². The maximum absolute atomic E-state index is 12.0. The molecule has 0 aliphatic carbocycles. The monoisotopic (exact) mass is 323 g/mol. The highest BCUT2D eigenvalue weighted by Crippen LogP contribution is 2.37. The molecule has 0 saturated carbocycles. The van der Waals surface area contributed by atoms with Gasteiger partial charge in [0.15, 0.2) is 5.82 Å². The van der Waals surface area contributed by atoms with Gasteiger partial charge in [0.1, 0.15) is 5.76 Å². The molecule has 0 radical (unpaired) electrons. The molecule has 2 N–H and O–H groups in total. The van der Waals surface area contributed by atoms with Crippen LogP contribution in [0.3, 0.4) is 0 Å². The number of nitrogens with one attached hydrogen (secondary N) is 2. The average Bonchev–Trinajstić information content (AvgIpc) is 2.84. The van der Waals surface area contributed by atoms with Crippen molar-refractivity contribution in [2.45, 2.75) is 24.3 Å². The Morgan fingerprint density at radius 2 is 2.33 bits per heavy atom. The van der Waals surface area contributed by atoms with E-state index in [4.69, 9.17) is 16.1 Å². The maximum atomic E-state index is 12.0. The van der Waals surface area contributed by atoms with Crippen LogP contribution in [0.25, 0.3) is 0 Å². The zero-order valence-corrected chi connectivity index (χ0v) is 12.9. The summed E-state index contributed by atoms with van der Waals surface area (Å²) in [5, 5.41) is 10.0. The molecule has 0 bridgehead atoms. The van der Waals surface area contributed by atoms with Crippen LogP contribution in [0.1, 0.15) is 23.8 Å². The first-order valence-corrected chi connectivity index (χ1v) is 7.91. The molecule has 1 aromatic carbocycles. The number of fused-ring (bicyclic) bond motifs is 1. The molecule has 110 valence electrons. The normalized spacial score (nSPS) is 17.1. The van der Waals surface area contributed by atoms with Crippen molar-refractivity contribution in [2.24, 2.45) is 0 Å². The number of amides is 2. The first kappa shape index (κ1) is 14.3. The predicted molar refractivity (Wildman–Crippen MR) is 82.9 cm³/mol. The summed E-state index contributed by atoms with van der Waals surface area (Å²) < 4.78 is 4.91. The van der Waals surface area contributed by atoms with Crippen LogP contribution in [-0.4, -0.2) is 16.9 Å². The second-order valence-electron chi connectivity index (χ2n) is 4.79. The average molecular weight is 324 g/mol. The van der Waals surface area contributed by atoms with Gasteiger partial charge in [0.25, 0.3) is 0 Å². The van der Waals surface area contributed by atoms with Gasteiger partial charge in [-0.1, -0.05) is 16.8 Å². The lowest BCUT2D eigenvalue weighted by molar-refractivity contribution is 0.247. The Kier molecular flexibility index (Phi) is 4.07. The number of hydrogen-bond acceptors (Lipinski definition) is 4. The lowest BCUT2D eigenvalue weighted by atomic mass is 10.0. The van der Waals surface area contributed by atoms with Crippen molar-refractivity contribution in [3.8, 4) is 0 Å². The van der Waals surface area contributed by atoms with Crippen molar-refractivity contribution in [3.05, 3.63) is 40.6 Å². The largest absolute Gasteiger partial charge is 0.360 e. The Balaban J connectivity index is 1.71. The van der Waals surface area contributed by atoms with Crippen LogP contribution in [0, 0.1) is 6.92 Å². The summed E-state index contributed by atoms with van der Waals surface area (Å²) in [7, 11) is 0. The zero-order chi connectivity index (χ0) is 14.8. The molecule has 2 amide bonds. The summed E-state index contributed by atoms with van der Waals surface area (Å²) in [5.41, 5.74) is 1.06. The second-order valence-corrected chi connectivity index (χ2v) is 6.37. The Morgan fingerprint density at radius 3 is 3.10 bits per heavy atom. The number of urea groups is 1. The molecule has 1 aromatic heterocycles. The number of anilines is 1. The third-order valence-corrected chi connectivity index (χ3v) is 4.54. The van der Waals surface area contributed by atoms with Crippen molar-refractivity contribution in [1.29, 1.82) is 0 Å². The minimum absolute atomic E-state index is 0.0482. The van der Waals surface area contributed by atoms with Crippen LogP contribution >= 0.6 is 23.4 Å². The van der Waals surface area contributed by atoms with Crippen molar-refractivity contribution < 1.29 is 9.32 Å². The van der Waals surface area contributed by atoms with Crippen molar-refractivity contribution >= 4 is 35.2 Å². The molecular weight excluding hydrogens is 310 g/mol.